The molecule has 2 rings (SSSR count). The molecule has 1 fully saturated rings. The van der Waals surface area contributed by atoms with Crippen molar-refractivity contribution in [2.45, 2.75) is 38.5 Å². The van der Waals surface area contributed by atoms with Crippen molar-refractivity contribution in [1.82, 2.24) is 5.32 Å². The summed E-state index contributed by atoms with van der Waals surface area (Å²) in [5.41, 5.74) is 6.80. The largest absolute Gasteiger partial charge is 0.370 e. The lowest BCUT2D eigenvalue weighted by molar-refractivity contribution is 0.315. The van der Waals surface area contributed by atoms with E-state index in [1.807, 2.05) is 12.1 Å². The molecule has 0 heterocycles. The second-order valence-electron chi connectivity index (χ2n) is 6.27. The molecule has 1 aromatic rings. The summed E-state index contributed by atoms with van der Waals surface area (Å²) < 4.78 is 12.9. The van der Waals surface area contributed by atoms with E-state index in [-0.39, 0.29) is 35.2 Å². The van der Waals surface area contributed by atoms with Crippen molar-refractivity contribution in [3.63, 3.8) is 0 Å². The van der Waals surface area contributed by atoms with Crippen LogP contribution in [0.4, 0.5) is 4.39 Å². The Hall–Kier alpha value is -0.850. The zero-order valence-electron chi connectivity index (χ0n) is 12.7. The van der Waals surface area contributed by atoms with Crippen molar-refractivity contribution in [2.75, 3.05) is 13.1 Å². The number of aliphatic imine (C=N–C) groups is 1. The van der Waals surface area contributed by atoms with Crippen LogP contribution in [0.1, 0.15) is 38.7 Å². The molecule has 3 nitrogen and oxygen atoms in total. The fourth-order valence-corrected chi connectivity index (χ4v) is 2.28. The molecule has 0 spiro atoms. The normalized spacial score (nSPS) is 16.0. The molecular weight excluding hydrogens is 380 g/mol. The van der Waals surface area contributed by atoms with Gasteiger partial charge < -0.3 is 11.1 Å². The van der Waals surface area contributed by atoms with Gasteiger partial charge in [0.1, 0.15) is 5.82 Å². The van der Waals surface area contributed by atoms with E-state index in [1.54, 1.807) is 0 Å². The summed E-state index contributed by atoms with van der Waals surface area (Å²) in [5, 5.41) is 3.19. The van der Waals surface area contributed by atoms with E-state index in [0.717, 1.165) is 18.0 Å². The van der Waals surface area contributed by atoms with Gasteiger partial charge in [0.15, 0.2) is 5.96 Å². The monoisotopic (exact) mass is 405 g/mol. The summed E-state index contributed by atoms with van der Waals surface area (Å²) in [7, 11) is 0. The highest BCUT2D eigenvalue weighted by molar-refractivity contribution is 14.0. The van der Waals surface area contributed by atoms with Gasteiger partial charge in [-0.25, -0.2) is 4.39 Å². The smallest absolute Gasteiger partial charge is 0.188 e. The van der Waals surface area contributed by atoms with Gasteiger partial charge in [0.2, 0.25) is 0 Å². The minimum atomic E-state index is -0.213. The van der Waals surface area contributed by atoms with Gasteiger partial charge in [-0.3, -0.25) is 4.99 Å². The highest BCUT2D eigenvalue weighted by atomic mass is 127. The predicted octanol–water partition coefficient (Wildman–Crippen LogP) is 3.43. The molecule has 0 radical (unpaired) electrons. The maximum atomic E-state index is 12.9. The second kappa shape index (κ2) is 7.96. The number of nitrogens with one attached hydrogen (secondary N) is 1. The molecule has 0 saturated heterocycles. The van der Waals surface area contributed by atoms with Crippen molar-refractivity contribution >= 4 is 29.9 Å². The molecule has 0 aliphatic heterocycles. The fourth-order valence-electron chi connectivity index (χ4n) is 2.28. The first-order valence-corrected chi connectivity index (χ1v) is 7.27. The SMILES string of the molecule is CC(C)(CN=C(N)NCC1CCC1)c1ccc(F)cc1.I. The van der Waals surface area contributed by atoms with Crippen LogP contribution in [-0.2, 0) is 5.41 Å². The summed E-state index contributed by atoms with van der Waals surface area (Å²) >= 11 is 0. The van der Waals surface area contributed by atoms with Crippen molar-refractivity contribution in [1.29, 1.82) is 0 Å². The Balaban J connectivity index is 0.00000220. The van der Waals surface area contributed by atoms with Crippen LogP contribution in [0.25, 0.3) is 0 Å². The Morgan fingerprint density at radius 3 is 2.48 bits per heavy atom. The summed E-state index contributed by atoms with van der Waals surface area (Å²) in [6.45, 7) is 5.68. The summed E-state index contributed by atoms with van der Waals surface area (Å²) in [5.74, 6) is 1.05. The number of nitrogens with zero attached hydrogens (tertiary/aromatic N) is 1. The van der Waals surface area contributed by atoms with Gasteiger partial charge in [-0.05, 0) is 36.5 Å². The van der Waals surface area contributed by atoms with Gasteiger partial charge in [-0.15, -0.1) is 24.0 Å². The Morgan fingerprint density at radius 2 is 1.95 bits per heavy atom. The number of guanidine groups is 1. The van der Waals surface area contributed by atoms with Crippen LogP contribution in [0.3, 0.4) is 0 Å². The molecule has 1 aromatic carbocycles. The summed E-state index contributed by atoms with van der Waals surface area (Å²) in [4.78, 5) is 4.41. The third-order valence-corrected chi connectivity index (χ3v) is 4.07. The number of hydrogen-bond donors (Lipinski definition) is 2. The van der Waals surface area contributed by atoms with E-state index < -0.39 is 0 Å². The fraction of sp³-hybridized carbons (Fsp3) is 0.562. The quantitative estimate of drug-likeness (QED) is 0.448. The number of halogens is 2. The van der Waals surface area contributed by atoms with Gasteiger partial charge in [0.05, 0.1) is 6.54 Å². The maximum absolute atomic E-state index is 12.9. The van der Waals surface area contributed by atoms with Crippen LogP contribution in [0.5, 0.6) is 0 Å². The Labute approximate surface area is 143 Å². The number of rotatable bonds is 5. The van der Waals surface area contributed by atoms with E-state index in [4.69, 9.17) is 5.73 Å². The lowest BCUT2D eigenvalue weighted by atomic mass is 9.85. The van der Waals surface area contributed by atoms with Crippen molar-refractivity contribution in [3.8, 4) is 0 Å². The molecule has 5 heteroatoms. The van der Waals surface area contributed by atoms with Crippen LogP contribution >= 0.6 is 24.0 Å². The van der Waals surface area contributed by atoms with E-state index >= 15 is 0 Å². The third-order valence-electron chi connectivity index (χ3n) is 4.07. The van der Waals surface area contributed by atoms with Crippen molar-refractivity contribution in [2.24, 2.45) is 16.6 Å². The average Bonchev–Trinajstić information content (AvgIpc) is 2.35. The van der Waals surface area contributed by atoms with Crippen LogP contribution in [0, 0.1) is 11.7 Å². The first-order chi connectivity index (χ1) is 9.47. The van der Waals surface area contributed by atoms with Crippen LogP contribution in [-0.4, -0.2) is 19.0 Å². The molecule has 118 valence electrons. The van der Waals surface area contributed by atoms with Crippen LogP contribution < -0.4 is 11.1 Å². The molecule has 0 amide bonds. The number of hydrogen-bond acceptors (Lipinski definition) is 1. The lowest BCUT2D eigenvalue weighted by Gasteiger charge is -2.26. The Kier molecular flexibility index (Phi) is 6.90. The van der Waals surface area contributed by atoms with Gasteiger partial charge in [0.25, 0.3) is 0 Å². The second-order valence-corrected chi connectivity index (χ2v) is 6.27. The van der Waals surface area contributed by atoms with E-state index in [0.29, 0.717) is 12.5 Å². The topological polar surface area (TPSA) is 50.4 Å². The summed E-state index contributed by atoms with van der Waals surface area (Å²) in [6, 6.07) is 6.59. The first kappa shape index (κ1) is 18.2. The summed E-state index contributed by atoms with van der Waals surface area (Å²) in [6.07, 6.45) is 3.92. The molecule has 0 aromatic heterocycles. The van der Waals surface area contributed by atoms with Crippen molar-refractivity contribution < 1.29 is 4.39 Å². The number of nitrogens with two attached hydrogens (primary N) is 1. The van der Waals surface area contributed by atoms with E-state index in [2.05, 4.69) is 24.2 Å². The molecule has 1 aliphatic carbocycles. The average molecular weight is 405 g/mol. The molecular formula is C16H25FIN3. The Bertz CT molecular complexity index is 467. The van der Waals surface area contributed by atoms with Crippen LogP contribution in [0.2, 0.25) is 0 Å². The molecule has 0 atom stereocenters. The maximum Gasteiger partial charge on any atom is 0.188 e. The first-order valence-electron chi connectivity index (χ1n) is 7.27. The zero-order valence-corrected chi connectivity index (χ0v) is 15.1. The third kappa shape index (κ3) is 5.45. The zero-order chi connectivity index (χ0) is 14.6. The van der Waals surface area contributed by atoms with E-state index in [1.165, 1.54) is 31.4 Å². The highest BCUT2D eigenvalue weighted by Gasteiger charge is 2.21. The molecule has 1 aliphatic rings. The number of benzene rings is 1. The standard InChI is InChI=1S/C16H24FN3.HI/c1-16(2,13-6-8-14(17)9-7-13)11-20-15(18)19-10-12-4-3-5-12;/h6-9,12H,3-5,10-11H2,1-2H3,(H3,18,19,20);1H. The molecule has 3 N–H and O–H groups in total. The van der Waals surface area contributed by atoms with Gasteiger partial charge in [0, 0.05) is 12.0 Å². The van der Waals surface area contributed by atoms with E-state index in [9.17, 15) is 4.39 Å². The van der Waals surface area contributed by atoms with Gasteiger partial charge in [-0.2, -0.15) is 0 Å². The molecule has 0 unspecified atom stereocenters. The predicted molar refractivity (Wildman–Crippen MR) is 96.7 cm³/mol. The minimum absolute atomic E-state index is 0. The molecule has 21 heavy (non-hydrogen) atoms. The highest BCUT2D eigenvalue weighted by Crippen LogP contribution is 2.25. The van der Waals surface area contributed by atoms with Gasteiger partial charge >= 0.3 is 0 Å². The van der Waals surface area contributed by atoms with Crippen molar-refractivity contribution in [3.05, 3.63) is 35.6 Å². The minimum Gasteiger partial charge on any atom is -0.370 e. The lowest BCUT2D eigenvalue weighted by Crippen LogP contribution is -2.38. The van der Waals surface area contributed by atoms with Gasteiger partial charge in [-0.1, -0.05) is 32.4 Å². The Morgan fingerprint density at radius 1 is 1.33 bits per heavy atom. The molecule has 1 saturated carbocycles. The molecule has 0 bridgehead atoms. The van der Waals surface area contributed by atoms with Crippen LogP contribution in [0.15, 0.2) is 29.3 Å².